The van der Waals surface area contributed by atoms with E-state index in [1.807, 2.05) is 84.4 Å². The second-order valence-corrected chi connectivity index (χ2v) is 11.4. The first-order valence-electron chi connectivity index (χ1n) is 13.8. The summed E-state index contributed by atoms with van der Waals surface area (Å²) >= 11 is 1.82. The number of pyridine rings is 1. The number of hydrogen-bond donors (Lipinski definition) is 0. The summed E-state index contributed by atoms with van der Waals surface area (Å²) in [5.41, 5.74) is 4.04. The molecule has 0 spiro atoms. The summed E-state index contributed by atoms with van der Waals surface area (Å²) < 4.78 is 4.71. The highest BCUT2D eigenvalue weighted by Crippen LogP contribution is 2.43. The van der Waals surface area contributed by atoms with Crippen LogP contribution >= 0.6 is 11.3 Å². The first-order chi connectivity index (χ1) is 20.8. The molecule has 9 rings (SSSR count). The van der Waals surface area contributed by atoms with Crippen LogP contribution in [0.5, 0.6) is 0 Å². The Labute approximate surface area is 244 Å². The molecule has 42 heavy (non-hydrogen) atoms. The first-order valence-corrected chi connectivity index (χ1v) is 14.6. The van der Waals surface area contributed by atoms with E-state index in [-0.39, 0.29) is 0 Å². The number of benzene rings is 5. The van der Waals surface area contributed by atoms with Crippen LogP contribution in [-0.4, -0.2) is 24.5 Å². The second kappa shape index (κ2) is 9.03. The predicted octanol–water partition coefficient (Wildman–Crippen LogP) is 9.22. The van der Waals surface area contributed by atoms with Gasteiger partial charge in [0.2, 0.25) is 5.95 Å². The maximum Gasteiger partial charge on any atom is 0.238 e. The van der Waals surface area contributed by atoms with Crippen molar-refractivity contribution in [1.29, 1.82) is 0 Å². The lowest BCUT2D eigenvalue weighted by Gasteiger charge is -2.11. The van der Waals surface area contributed by atoms with E-state index in [0.717, 1.165) is 38.3 Å². The van der Waals surface area contributed by atoms with Crippen LogP contribution in [0.4, 0.5) is 0 Å². The van der Waals surface area contributed by atoms with E-state index in [1.54, 1.807) is 0 Å². The van der Waals surface area contributed by atoms with Gasteiger partial charge in [-0.1, -0.05) is 91.0 Å². The Bertz CT molecular complexity index is 2400. The number of nitrogens with zero attached hydrogens (tertiary/aromatic N) is 5. The molecule has 0 saturated heterocycles. The number of rotatable bonds is 3. The summed E-state index contributed by atoms with van der Waals surface area (Å²) in [5.74, 6) is 1.87. The van der Waals surface area contributed by atoms with Gasteiger partial charge in [-0.15, -0.1) is 11.3 Å². The van der Waals surface area contributed by atoms with Gasteiger partial charge in [0.1, 0.15) is 0 Å². The Balaban J connectivity index is 1.47. The van der Waals surface area contributed by atoms with Crippen molar-refractivity contribution in [3.05, 3.63) is 128 Å². The van der Waals surface area contributed by atoms with E-state index >= 15 is 0 Å². The van der Waals surface area contributed by atoms with Crippen molar-refractivity contribution >= 4 is 64.1 Å². The molecule has 0 atom stereocenters. The molecule has 4 aromatic heterocycles. The molecule has 0 saturated carbocycles. The third-order valence-electron chi connectivity index (χ3n) is 7.92. The van der Waals surface area contributed by atoms with E-state index in [9.17, 15) is 0 Å². The minimum absolute atomic E-state index is 0.593. The van der Waals surface area contributed by atoms with Gasteiger partial charge < -0.3 is 0 Å². The van der Waals surface area contributed by atoms with Gasteiger partial charge in [0.05, 0.1) is 15.7 Å². The zero-order valence-electron chi connectivity index (χ0n) is 22.3. The van der Waals surface area contributed by atoms with Gasteiger partial charge in [-0.3, -0.25) is 9.55 Å². The van der Waals surface area contributed by atoms with Crippen molar-refractivity contribution < 1.29 is 0 Å². The van der Waals surface area contributed by atoms with E-state index in [4.69, 9.17) is 15.0 Å². The van der Waals surface area contributed by atoms with Crippen LogP contribution < -0.4 is 0 Å². The summed E-state index contributed by atoms with van der Waals surface area (Å²) in [5, 5.41) is 7.05. The molecule has 6 heteroatoms. The Morgan fingerprint density at radius 1 is 0.548 bits per heavy atom. The number of fused-ring (bicyclic) bond motifs is 8. The molecular weight excluding hydrogens is 534 g/mol. The summed E-state index contributed by atoms with van der Waals surface area (Å²) in [6.45, 7) is 0. The SMILES string of the molecule is c1ccc(-c2nc(-c3ccccc3)nc(-n3c4cc5cnccc5cc4c4ccc5c6ccccc6sc5c43)n2)cc1. The van der Waals surface area contributed by atoms with Gasteiger partial charge in [0.15, 0.2) is 11.6 Å². The lowest BCUT2D eigenvalue weighted by atomic mass is 10.1. The van der Waals surface area contributed by atoms with Crippen molar-refractivity contribution in [1.82, 2.24) is 24.5 Å². The molecule has 5 aromatic carbocycles. The van der Waals surface area contributed by atoms with Crippen molar-refractivity contribution in [3.63, 3.8) is 0 Å². The number of thiophene rings is 1. The maximum absolute atomic E-state index is 5.14. The Morgan fingerprint density at radius 2 is 1.24 bits per heavy atom. The zero-order chi connectivity index (χ0) is 27.6. The molecule has 0 aliphatic carbocycles. The minimum Gasteiger partial charge on any atom is -0.276 e. The largest absolute Gasteiger partial charge is 0.276 e. The van der Waals surface area contributed by atoms with Crippen LogP contribution in [0.2, 0.25) is 0 Å². The van der Waals surface area contributed by atoms with Gasteiger partial charge >= 0.3 is 0 Å². The molecule has 0 bridgehead atoms. The fourth-order valence-corrected chi connectivity index (χ4v) is 7.20. The quantitative estimate of drug-likeness (QED) is 0.218. The van der Waals surface area contributed by atoms with Gasteiger partial charge in [-0.2, -0.15) is 9.97 Å². The van der Waals surface area contributed by atoms with E-state index < -0.39 is 0 Å². The molecular formula is C36H21N5S. The van der Waals surface area contributed by atoms with E-state index in [0.29, 0.717) is 17.6 Å². The van der Waals surface area contributed by atoms with Crippen LogP contribution in [0.25, 0.3) is 81.5 Å². The van der Waals surface area contributed by atoms with Gasteiger partial charge in [-0.25, -0.2) is 4.98 Å². The lowest BCUT2D eigenvalue weighted by Crippen LogP contribution is -2.06. The van der Waals surface area contributed by atoms with Crippen LogP contribution in [0.15, 0.2) is 128 Å². The standard InChI is InChI=1S/C36H21N5S/c1-3-9-22(10-4-1)34-38-35(23-11-5-2-6-12-23)40-36(39-34)41-30-20-25-21-37-18-17-24(25)19-29(30)27-15-16-28-26-13-7-8-14-31(26)42-33(28)32(27)41/h1-21H. The summed E-state index contributed by atoms with van der Waals surface area (Å²) in [7, 11) is 0. The molecule has 9 aromatic rings. The average Bonchev–Trinajstić information content (AvgIpc) is 3.60. The molecule has 0 fully saturated rings. The molecule has 5 nitrogen and oxygen atoms in total. The highest BCUT2D eigenvalue weighted by molar-refractivity contribution is 7.26. The fraction of sp³-hybridized carbons (Fsp3) is 0. The molecule has 0 amide bonds. The predicted molar refractivity (Wildman–Crippen MR) is 173 cm³/mol. The first kappa shape index (κ1) is 23.3. The zero-order valence-corrected chi connectivity index (χ0v) is 23.1. The monoisotopic (exact) mass is 555 g/mol. The summed E-state index contributed by atoms with van der Waals surface area (Å²) in [4.78, 5) is 19.6. The third kappa shape index (κ3) is 3.49. The Morgan fingerprint density at radius 3 is 2.00 bits per heavy atom. The van der Waals surface area contributed by atoms with Gasteiger partial charge in [-0.05, 0) is 29.7 Å². The van der Waals surface area contributed by atoms with Crippen LogP contribution in [-0.2, 0) is 0 Å². The maximum atomic E-state index is 5.14. The van der Waals surface area contributed by atoms with Crippen molar-refractivity contribution in [2.24, 2.45) is 0 Å². The fourth-order valence-electron chi connectivity index (χ4n) is 5.96. The molecule has 0 N–H and O–H groups in total. The summed E-state index contributed by atoms with van der Waals surface area (Å²) in [6, 6.07) is 39.9. The number of aromatic nitrogens is 5. The second-order valence-electron chi connectivity index (χ2n) is 10.4. The normalized spacial score (nSPS) is 11.8. The molecule has 0 unspecified atom stereocenters. The van der Waals surface area contributed by atoms with Crippen molar-refractivity contribution in [2.45, 2.75) is 0 Å². The topological polar surface area (TPSA) is 56.5 Å². The molecule has 0 radical (unpaired) electrons. The van der Waals surface area contributed by atoms with Gasteiger partial charge in [0.25, 0.3) is 0 Å². The number of hydrogen-bond acceptors (Lipinski definition) is 5. The van der Waals surface area contributed by atoms with Crippen molar-refractivity contribution in [3.8, 4) is 28.7 Å². The lowest BCUT2D eigenvalue weighted by molar-refractivity contribution is 0.956. The molecule has 4 heterocycles. The Hall–Kier alpha value is -5.46. The van der Waals surface area contributed by atoms with E-state index in [2.05, 4.69) is 64.1 Å². The van der Waals surface area contributed by atoms with Gasteiger partial charge in [0, 0.05) is 55.2 Å². The van der Waals surface area contributed by atoms with Crippen LogP contribution in [0, 0.1) is 0 Å². The van der Waals surface area contributed by atoms with Crippen LogP contribution in [0.1, 0.15) is 0 Å². The van der Waals surface area contributed by atoms with Crippen LogP contribution in [0.3, 0.4) is 0 Å². The Kier molecular flexibility index (Phi) is 5.00. The molecule has 0 aliphatic rings. The molecule has 0 aliphatic heterocycles. The smallest absolute Gasteiger partial charge is 0.238 e. The average molecular weight is 556 g/mol. The highest BCUT2D eigenvalue weighted by atomic mass is 32.1. The van der Waals surface area contributed by atoms with Crippen molar-refractivity contribution in [2.75, 3.05) is 0 Å². The minimum atomic E-state index is 0.593. The molecule has 196 valence electrons. The highest BCUT2D eigenvalue weighted by Gasteiger charge is 2.21. The van der Waals surface area contributed by atoms with E-state index in [1.165, 1.54) is 25.6 Å². The summed E-state index contributed by atoms with van der Waals surface area (Å²) in [6.07, 6.45) is 3.77. The third-order valence-corrected chi connectivity index (χ3v) is 9.11.